The number of hydrogen-bond acceptors (Lipinski definition) is 7. The fourth-order valence-corrected chi connectivity index (χ4v) is 4.70. The van der Waals surface area contributed by atoms with Crippen molar-refractivity contribution in [3.8, 4) is 11.5 Å². The van der Waals surface area contributed by atoms with E-state index in [4.69, 9.17) is 14.2 Å². The van der Waals surface area contributed by atoms with Crippen molar-refractivity contribution < 1.29 is 28.9 Å². The van der Waals surface area contributed by atoms with Gasteiger partial charge in [0.1, 0.15) is 30.5 Å². The molecule has 38 heavy (non-hydrogen) atoms. The SMILES string of the molecule is C=CCOc1ccc(C2/C(=C(\O)c3ccc(OCC=C)c(C)c3)C(=O)C(=O)N2CCN2CCOCC2)cc1. The number of carbonyl (C=O) groups is 2. The molecule has 4 rings (SSSR count). The van der Waals surface area contributed by atoms with E-state index in [0.717, 1.165) is 18.7 Å². The van der Waals surface area contributed by atoms with Crippen LogP contribution in [0.1, 0.15) is 22.7 Å². The van der Waals surface area contributed by atoms with Crippen LogP contribution in [-0.4, -0.2) is 79.2 Å². The molecule has 2 aromatic rings. The number of rotatable bonds is 11. The zero-order chi connectivity index (χ0) is 27.1. The van der Waals surface area contributed by atoms with Gasteiger partial charge in [0.25, 0.3) is 11.7 Å². The van der Waals surface area contributed by atoms with Gasteiger partial charge in [-0.1, -0.05) is 37.4 Å². The molecule has 2 aliphatic rings. The Kier molecular flexibility index (Phi) is 8.99. The molecular formula is C30H34N2O6. The zero-order valence-electron chi connectivity index (χ0n) is 21.7. The summed E-state index contributed by atoms with van der Waals surface area (Å²) in [5.41, 5.74) is 2.01. The number of amides is 1. The van der Waals surface area contributed by atoms with Gasteiger partial charge in [-0.15, -0.1) is 0 Å². The van der Waals surface area contributed by atoms with E-state index in [9.17, 15) is 14.7 Å². The van der Waals surface area contributed by atoms with Gasteiger partial charge in [-0.2, -0.15) is 0 Å². The van der Waals surface area contributed by atoms with Gasteiger partial charge in [0.15, 0.2) is 0 Å². The Balaban J connectivity index is 1.71. The molecule has 8 heteroatoms. The second-order valence-electron chi connectivity index (χ2n) is 9.20. The largest absolute Gasteiger partial charge is 0.507 e. The van der Waals surface area contributed by atoms with Gasteiger partial charge >= 0.3 is 0 Å². The fraction of sp³-hybridized carbons (Fsp3) is 0.333. The Labute approximate surface area is 223 Å². The van der Waals surface area contributed by atoms with Gasteiger partial charge in [0, 0.05) is 31.7 Å². The highest BCUT2D eigenvalue weighted by molar-refractivity contribution is 6.46. The monoisotopic (exact) mass is 518 g/mol. The lowest BCUT2D eigenvalue weighted by molar-refractivity contribution is -0.140. The summed E-state index contributed by atoms with van der Waals surface area (Å²) >= 11 is 0. The minimum absolute atomic E-state index is 0.0656. The third kappa shape index (κ3) is 5.98. The molecule has 1 N–H and O–H groups in total. The summed E-state index contributed by atoms with van der Waals surface area (Å²) in [7, 11) is 0. The first kappa shape index (κ1) is 27.2. The van der Waals surface area contributed by atoms with E-state index in [-0.39, 0.29) is 11.3 Å². The summed E-state index contributed by atoms with van der Waals surface area (Å²) in [5.74, 6) is -0.248. The van der Waals surface area contributed by atoms with Crippen LogP contribution in [0, 0.1) is 6.92 Å². The number of nitrogens with zero attached hydrogens (tertiary/aromatic N) is 2. The van der Waals surface area contributed by atoms with Crippen LogP contribution in [-0.2, 0) is 14.3 Å². The lowest BCUT2D eigenvalue weighted by atomic mass is 9.94. The number of hydrogen-bond donors (Lipinski definition) is 1. The molecule has 2 aromatic carbocycles. The topological polar surface area (TPSA) is 88.5 Å². The lowest BCUT2D eigenvalue weighted by Crippen LogP contribution is -2.42. The van der Waals surface area contributed by atoms with Crippen LogP contribution in [0.5, 0.6) is 11.5 Å². The first-order valence-corrected chi connectivity index (χ1v) is 12.7. The number of morpholine rings is 1. The molecule has 200 valence electrons. The van der Waals surface area contributed by atoms with Crippen LogP contribution >= 0.6 is 0 Å². The van der Waals surface area contributed by atoms with E-state index in [1.165, 1.54) is 0 Å². The van der Waals surface area contributed by atoms with Crippen LogP contribution in [0.15, 0.2) is 73.3 Å². The maximum absolute atomic E-state index is 13.4. The maximum Gasteiger partial charge on any atom is 0.295 e. The smallest absolute Gasteiger partial charge is 0.295 e. The highest BCUT2D eigenvalue weighted by Crippen LogP contribution is 2.40. The molecule has 2 fully saturated rings. The maximum atomic E-state index is 13.4. The predicted molar refractivity (Wildman–Crippen MR) is 145 cm³/mol. The van der Waals surface area contributed by atoms with Crippen molar-refractivity contribution >= 4 is 17.4 Å². The number of aryl methyl sites for hydroxylation is 1. The van der Waals surface area contributed by atoms with Crippen molar-refractivity contribution in [3.63, 3.8) is 0 Å². The van der Waals surface area contributed by atoms with Crippen LogP contribution in [0.3, 0.4) is 0 Å². The molecule has 8 nitrogen and oxygen atoms in total. The highest BCUT2D eigenvalue weighted by Gasteiger charge is 2.46. The summed E-state index contributed by atoms with van der Waals surface area (Å²) in [4.78, 5) is 30.4. The summed E-state index contributed by atoms with van der Waals surface area (Å²) in [6.45, 7) is 13.7. The van der Waals surface area contributed by atoms with Crippen molar-refractivity contribution in [2.75, 3.05) is 52.6 Å². The third-order valence-corrected chi connectivity index (χ3v) is 6.67. The summed E-state index contributed by atoms with van der Waals surface area (Å²) in [5, 5.41) is 11.4. The zero-order valence-corrected chi connectivity index (χ0v) is 21.7. The first-order valence-electron chi connectivity index (χ1n) is 12.7. The number of likely N-dealkylation sites (tertiary alicyclic amines) is 1. The average molecular weight is 519 g/mol. The Morgan fingerprint density at radius 3 is 2.37 bits per heavy atom. The highest BCUT2D eigenvalue weighted by atomic mass is 16.5. The van der Waals surface area contributed by atoms with E-state index in [2.05, 4.69) is 18.1 Å². The number of benzene rings is 2. The molecule has 1 atom stereocenters. The number of Topliss-reactive ketones (excluding diaryl/α,β-unsaturated/α-hetero) is 1. The molecule has 0 spiro atoms. The van der Waals surface area contributed by atoms with Crippen LogP contribution in [0.25, 0.3) is 5.76 Å². The average Bonchev–Trinajstić information content (AvgIpc) is 3.19. The Hall–Kier alpha value is -3.88. The van der Waals surface area contributed by atoms with Crippen molar-refractivity contribution in [3.05, 3.63) is 90.0 Å². The third-order valence-electron chi connectivity index (χ3n) is 6.67. The van der Waals surface area contributed by atoms with Gasteiger partial charge in [-0.25, -0.2) is 0 Å². The van der Waals surface area contributed by atoms with Gasteiger partial charge in [0.05, 0.1) is 24.8 Å². The Morgan fingerprint density at radius 1 is 1.03 bits per heavy atom. The summed E-state index contributed by atoms with van der Waals surface area (Å²) in [6, 6.07) is 11.7. The quantitative estimate of drug-likeness (QED) is 0.209. The van der Waals surface area contributed by atoms with E-state index in [0.29, 0.717) is 62.1 Å². The number of carbonyl (C=O) groups excluding carboxylic acids is 2. The lowest BCUT2D eigenvalue weighted by Gasteiger charge is -2.31. The second-order valence-corrected chi connectivity index (χ2v) is 9.20. The van der Waals surface area contributed by atoms with E-state index in [1.807, 2.05) is 19.1 Å². The molecule has 2 saturated heterocycles. The molecule has 0 radical (unpaired) electrons. The number of ether oxygens (including phenoxy) is 3. The standard InChI is InChI=1S/C30H34N2O6/c1-4-16-37-24-9-6-22(7-10-24)27-26(28(33)23-8-11-25(21(3)20-23)38-17-5-2)29(34)30(35)32(27)13-12-31-14-18-36-19-15-31/h4-11,20,27,33H,1-2,12-19H2,3H3/b28-26+. The van der Waals surface area contributed by atoms with Gasteiger partial charge in [0.2, 0.25) is 0 Å². The van der Waals surface area contributed by atoms with Gasteiger partial charge in [-0.3, -0.25) is 14.5 Å². The summed E-state index contributed by atoms with van der Waals surface area (Å²) < 4.78 is 16.7. The molecular weight excluding hydrogens is 484 g/mol. The molecule has 0 aromatic heterocycles. The molecule has 0 bridgehead atoms. The molecule has 1 amide bonds. The normalized spacial score (nSPS) is 19.4. The van der Waals surface area contributed by atoms with Gasteiger partial charge in [-0.05, 0) is 48.4 Å². The second kappa shape index (κ2) is 12.6. The van der Waals surface area contributed by atoms with Crippen LogP contribution in [0.2, 0.25) is 0 Å². The van der Waals surface area contributed by atoms with Crippen molar-refractivity contribution in [2.45, 2.75) is 13.0 Å². The number of aliphatic hydroxyl groups is 1. The minimum Gasteiger partial charge on any atom is -0.507 e. The molecule has 0 aliphatic carbocycles. The van der Waals surface area contributed by atoms with E-state index < -0.39 is 17.7 Å². The van der Waals surface area contributed by atoms with E-state index in [1.54, 1.807) is 47.4 Å². The molecule has 1 unspecified atom stereocenters. The van der Waals surface area contributed by atoms with E-state index >= 15 is 0 Å². The fourth-order valence-electron chi connectivity index (χ4n) is 4.70. The first-order chi connectivity index (χ1) is 18.4. The van der Waals surface area contributed by atoms with Crippen molar-refractivity contribution in [2.24, 2.45) is 0 Å². The number of ketones is 1. The Bertz CT molecular complexity index is 1210. The molecule has 2 aliphatic heterocycles. The molecule has 2 heterocycles. The Morgan fingerprint density at radius 2 is 1.71 bits per heavy atom. The van der Waals surface area contributed by atoms with Crippen LogP contribution in [0.4, 0.5) is 0 Å². The summed E-state index contributed by atoms with van der Waals surface area (Å²) in [6.07, 6.45) is 3.31. The predicted octanol–water partition coefficient (Wildman–Crippen LogP) is 3.88. The van der Waals surface area contributed by atoms with Crippen LogP contribution < -0.4 is 9.47 Å². The molecule has 0 saturated carbocycles. The minimum atomic E-state index is -0.735. The van der Waals surface area contributed by atoms with Crippen molar-refractivity contribution in [1.82, 2.24) is 9.80 Å². The van der Waals surface area contributed by atoms with Gasteiger partial charge < -0.3 is 24.2 Å². The number of aliphatic hydroxyl groups excluding tert-OH is 1. The van der Waals surface area contributed by atoms with Crippen molar-refractivity contribution in [1.29, 1.82) is 0 Å².